The van der Waals surface area contributed by atoms with E-state index in [1.165, 1.54) is 11.1 Å². The van der Waals surface area contributed by atoms with Crippen LogP contribution in [0.2, 0.25) is 0 Å². The van der Waals surface area contributed by atoms with Crippen LogP contribution < -0.4 is 5.32 Å². The summed E-state index contributed by atoms with van der Waals surface area (Å²) in [6, 6.07) is 8.81. The van der Waals surface area contributed by atoms with Gasteiger partial charge in [-0.05, 0) is 17.0 Å². The van der Waals surface area contributed by atoms with Gasteiger partial charge in [0.1, 0.15) is 0 Å². The first kappa shape index (κ1) is 13.5. The zero-order valence-electron chi connectivity index (χ0n) is 11.3. The van der Waals surface area contributed by atoms with Crippen molar-refractivity contribution in [3.63, 3.8) is 0 Å². The van der Waals surface area contributed by atoms with Crippen molar-refractivity contribution in [2.45, 2.75) is 32.4 Å². The van der Waals surface area contributed by atoms with Crippen LogP contribution in [-0.2, 0) is 16.0 Å². The summed E-state index contributed by atoms with van der Waals surface area (Å²) in [5, 5.41) is 3.42. The molecule has 0 radical (unpaired) electrons. The summed E-state index contributed by atoms with van der Waals surface area (Å²) in [4.78, 5) is 0. The van der Waals surface area contributed by atoms with Gasteiger partial charge in [0.25, 0.3) is 0 Å². The van der Waals surface area contributed by atoms with Gasteiger partial charge < -0.3 is 14.8 Å². The quantitative estimate of drug-likeness (QED) is 0.868. The molecule has 0 saturated carbocycles. The van der Waals surface area contributed by atoms with Gasteiger partial charge in [0, 0.05) is 13.1 Å². The highest BCUT2D eigenvalue weighted by molar-refractivity contribution is 5.24. The Balaban J connectivity index is 1.72. The van der Waals surface area contributed by atoms with Crippen LogP contribution in [0, 0.1) is 0 Å². The Morgan fingerprint density at radius 1 is 1.22 bits per heavy atom. The number of rotatable bonds is 5. The summed E-state index contributed by atoms with van der Waals surface area (Å²) in [6.45, 7) is 8.33. The summed E-state index contributed by atoms with van der Waals surface area (Å²) in [7, 11) is 0. The van der Waals surface area contributed by atoms with E-state index in [2.05, 4.69) is 43.4 Å². The van der Waals surface area contributed by atoms with E-state index in [0.29, 0.717) is 12.5 Å². The summed E-state index contributed by atoms with van der Waals surface area (Å²) in [5.41, 5.74) is 2.71. The Hall–Kier alpha value is -0.900. The molecule has 1 aromatic rings. The molecule has 1 aromatic carbocycles. The van der Waals surface area contributed by atoms with Gasteiger partial charge in [-0.25, -0.2) is 0 Å². The number of hydrogen-bond acceptors (Lipinski definition) is 3. The highest BCUT2D eigenvalue weighted by Crippen LogP contribution is 2.14. The third-order valence-electron chi connectivity index (χ3n) is 3.23. The molecule has 1 aliphatic rings. The first-order chi connectivity index (χ1) is 8.75. The third kappa shape index (κ3) is 4.09. The van der Waals surface area contributed by atoms with Crippen LogP contribution >= 0.6 is 0 Å². The molecule has 100 valence electrons. The molecule has 1 saturated heterocycles. The van der Waals surface area contributed by atoms with E-state index >= 15 is 0 Å². The van der Waals surface area contributed by atoms with E-state index in [-0.39, 0.29) is 6.10 Å². The Bertz CT molecular complexity index is 342. The molecule has 1 fully saturated rings. The van der Waals surface area contributed by atoms with Crippen molar-refractivity contribution in [1.29, 1.82) is 0 Å². The van der Waals surface area contributed by atoms with Crippen LogP contribution in [0.4, 0.5) is 0 Å². The van der Waals surface area contributed by atoms with Gasteiger partial charge in [-0.2, -0.15) is 0 Å². The molecule has 0 aromatic heterocycles. The number of benzene rings is 1. The van der Waals surface area contributed by atoms with Gasteiger partial charge in [0.15, 0.2) is 0 Å². The molecule has 3 heteroatoms. The summed E-state index contributed by atoms with van der Waals surface area (Å²) in [6.07, 6.45) is 0.202. The molecule has 1 N–H and O–H groups in total. The Labute approximate surface area is 109 Å². The molecule has 1 heterocycles. The van der Waals surface area contributed by atoms with Crippen LogP contribution in [-0.4, -0.2) is 32.5 Å². The van der Waals surface area contributed by atoms with Gasteiger partial charge in [-0.1, -0.05) is 38.1 Å². The maximum absolute atomic E-state index is 5.58. The Morgan fingerprint density at radius 3 is 2.61 bits per heavy atom. The minimum Gasteiger partial charge on any atom is -0.376 e. The number of ether oxygens (including phenoxy) is 2. The largest absolute Gasteiger partial charge is 0.376 e. The predicted octanol–water partition coefficient (Wildman–Crippen LogP) is 2.32. The molecular formula is C15H23NO2. The van der Waals surface area contributed by atoms with E-state index in [1.54, 1.807) is 0 Å². The van der Waals surface area contributed by atoms with E-state index in [4.69, 9.17) is 9.47 Å². The zero-order valence-corrected chi connectivity index (χ0v) is 11.3. The van der Waals surface area contributed by atoms with Crippen molar-refractivity contribution < 1.29 is 9.47 Å². The van der Waals surface area contributed by atoms with Gasteiger partial charge >= 0.3 is 0 Å². The number of hydrogen-bond donors (Lipinski definition) is 1. The second-order valence-electron chi connectivity index (χ2n) is 5.09. The van der Waals surface area contributed by atoms with Crippen LogP contribution in [0.25, 0.3) is 0 Å². The maximum Gasteiger partial charge on any atom is 0.0933 e. The molecule has 1 aliphatic heterocycles. The average Bonchev–Trinajstić information content (AvgIpc) is 2.40. The van der Waals surface area contributed by atoms with E-state index in [1.807, 2.05) is 0 Å². The topological polar surface area (TPSA) is 30.5 Å². The normalized spacial score (nSPS) is 20.3. The highest BCUT2D eigenvalue weighted by atomic mass is 16.6. The Morgan fingerprint density at radius 2 is 2.00 bits per heavy atom. The van der Waals surface area contributed by atoms with Crippen molar-refractivity contribution >= 4 is 0 Å². The summed E-state index contributed by atoms with van der Waals surface area (Å²) < 4.78 is 10.9. The fourth-order valence-corrected chi connectivity index (χ4v) is 2.05. The fourth-order valence-electron chi connectivity index (χ4n) is 2.05. The molecule has 18 heavy (non-hydrogen) atoms. The molecule has 0 aliphatic carbocycles. The monoisotopic (exact) mass is 249 g/mol. The van der Waals surface area contributed by atoms with Crippen LogP contribution in [0.1, 0.15) is 30.9 Å². The minimum absolute atomic E-state index is 0.202. The van der Waals surface area contributed by atoms with Crippen molar-refractivity contribution in [1.82, 2.24) is 5.32 Å². The highest BCUT2D eigenvalue weighted by Gasteiger charge is 2.13. The standard InChI is InChI=1S/C15H23NO2/c1-12(2)14-5-3-13(4-6-14)9-16-10-15-11-17-7-8-18-15/h3-6,12,15-16H,7-11H2,1-2H3. The minimum atomic E-state index is 0.202. The lowest BCUT2D eigenvalue weighted by Gasteiger charge is -2.23. The zero-order chi connectivity index (χ0) is 12.8. The molecule has 3 nitrogen and oxygen atoms in total. The van der Waals surface area contributed by atoms with E-state index < -0.39 is 0 Å². The predicted molar refractivity (Wildman–Crippen MR) is 72.8 cm³/mol. The molecule has 0 spiro atoms. The molecule has 0 amide bonds. The summed E-state index contributed by atoms with van der Waals surface area (Å²) >= 11 is 0. The fraction of sp³-hybridized carbons (Fsp3) is 0.600. The van der Waals surface area contributed by atoms with Crippen LogP contribution in [0.5, 0.6) is 0 Å². The SMILES string of the molecule is CC(C)c1ccc(CNCC2COCCO2)cc1. The van der Waals surface area contributed by atoms with E-state index in [0.717, 1.165) is 26.3 Å². The molecule has 1 atom stereocenters. The lowest BCUT2D eigenvalue weighted by atomic mass is 10.0. The number of nitrogens with one attached hydrogen (secondary N) is 1. The third-order valence-corrected chi connectivity index (χ3v) is 3.23. The van der Waals surface area contributed by atoms with Crippen molar-refractivity contribution in [2.75, 3.05) is 26.4 Å². The first-order valence-corrected chi connectivity index (χ1v) is 6.74. The van der Waals surface area contributed by atoms with Gasteiger partial charge in [0.05, 0.1) is 25.9 Å². The van der Waals surface area contributed by atoms with Crippen LogP contribution in [0.15, 0.2) is 24.3 Å². The smallest absolute Gasteiger partial charge is 0.0933 e. The molecule has 2 rings (SSSR count). The van der Waals surface area contributed by atoms with Crippen molar-refractivity contribution in [2.24, 2.45) is 0 Å². The van der Waals surface area contributed by atoms with Crippen molar-refractivity contribution in [3.8, 4) is 0 Å². The summed E-state index contributed by atoms with van der Waals surface area (Å²) in [5.74, 6) is 0.597. The van der Waals surface area contributed by atoms with Crippen molar-refractivity contribution in [3.05, 3.63) is 35.4 Å². The average molecular weight is 249 g/mol. The Kier molecular flexibility index (Phi) is 5.17. The second kappa shape index (κ2) is 6.88. The van der Waals surface area contributed by atoms with E-state index in [9.17, 15) is 0 Å². The van der Waals surface area contributed by atoms with Crippen LogP contribution in [0.3, 0.4) is 0 Å². The lowest BCUT2D eigenvalue weighted by molar-refractivity contribution is -0.0864. The maximum atomic E-state index is 5.58. The lowest BCUT2D eigenvalue weighted by Crippen LogP contribution is -2.37. The second-order valence-corrected chi connectivity index (χ2v) is 5.09. The van der Waals surface area contributed by atoms with Gasteiger partial charge in [-0.3, -0.25) is 0 Å². The van der Waals surface area contributed by atoms with Gasteiger partial charge in [-0.15, -0.1) is 0 Å². The molecule has 0 bridgehead atoms. The first-order valence-electron chi connectivity index (χ1n) is 6.74. The molecular weight excluding hydrogens is 226 g/mol. The molecule has 1 unspecified atom stereocenters. The van der Waals surface area contributed by atoms with Gasteiger partial charge in [0.2, 0.25) is 0 Å².